The van der Waals surface area contributed by atoms with E-state index in [4.69, 9.17) is 9.47 Å². The van der Waals surface area contributed by atoms with Crippen molar-refractivity contribution in [2.45, 2.75) is 18.9 Å². The van der Waals surface area contributed by atoms with Gasteiger partial charge in [-0.2, -0.15) is 0 Å². The van der Waals surface area contributed by atoms with Gasteiger partial charge in [0.1, 0.15) is 11.4 Å². The normalized spacial score (nSPS) is 15.0. The largest absolute Gasteiger partial charge is 0.454 e. The molecule has 1 amide bonds. The number of aliphatic hydroxyl groups is 1. The van der Waals surface area contributed by atoms with Crippen LogP contribution in [0.4, 0.5) is 4.39 Å². The van der Waals surface area contributed by atoms with Crippen LogP contribution < -0.4 is 14.8 Å². The van der Waals surface area contributed by atoms with Gasteiger partial charge in [0.2, 0.25) is 12.7 Å². The van der Waals surface area contributed by atoms with Gasteiger partial charge >= 0.3 is 0 Å². The summed E-state index contributed by atoms with van der Waals surface area (Å²) in [6.07, 6.45) is 0.123. The van der Waals surface area contributed by atoms with Gasteiger partial charge in [0.15, 0.2) is 11.5 Å². The summed E-state index contributed by atoms with van der Waals surface area (Å²) in [4.78, 5) is 12.0. The number of ether oxygens (including phenoxy) is 2. The van der Waals surface area contributed by atoms with E-state index in [9.17, 15) is 14.3 Å². The molecule has 1 aliphatic heterocycles. The summed E-state index contributed by atoms with van der Waals surface area (Å²) in [5.74, 6) is 0.618. The van der Waals surface area contributed by atoms with E-state index < -0.39 is 5.60 Å². The van der Waals surface area contributed by atoms with E-state index in [0.29, 0.717) is 22.6 Å². The number of carbonyl (C=O) groups excluding carboxylic acids is 1. The molecule has 0 aliphatic carbocycles. The molecule has 0 saturated heterocycles. The monoisotopic (exact) mass is 331 g/mol. The summed E-state index contributed by atoms with van der Waals surface area (Å²) >= 11 is 0. The van der Waals surface area contributed by atoms with Gasteiger partial charge in [0.25, 0.3) is 0 Å². The molecule has 2 N–H and O–H groups in total. The summed E-state index contributed by atoms with van der Waals surface area (Å²) < 4.78 is 23.4. The maximum atomic E-state index is 12.9. The molecule has 1 atom stereocenters. The van der Waals surface area contributed by atoms with Gasteiger partial charge < -0.3 is 19.9 Å². The number of benzene rings is 2. The van der Waals surface area contributed by atoms with Crippen LogP contribution in [0.15, 0.2) is 42.5 Å². The highest BCUT2D eigenvalue weighted by molar-refractivity contribution is 5.78. The van der Waals surface area contributed by atoms with E-state index in [1.54, 1.807) is 37.3 Å². The van der Waals surface area contributed by atoms with Gasteiger partial charge in [-0.25, -0.2) is 4.39 Å². The Morgan fingerprint density at radius 1 is 1.21 bits per heavy atom. The first-order valence-electron chi connectivity index (χ1n) is 7.58. The van der Waals surface area contributed by atoms with Crippen molar-refractivity contribution in [3.8, 4) is 11.5 Å². The number of halogens is 1. The fraction of sp³-hybridized carbons (Fsp3) is 0.278. The number of hydrogen-bond acceptors (Lipinski definition) is 4. The molecule has 2 aromatic carbocycles. The maximum Gasteiger partial charge on any atom is 0.231 e. The van der Waals surface area contributed by atoms with Crippen molar-refractivity contribution < 1.29 is 23.8 Å². The van der Waals surface area contributed by atoms with Crippen LogP contribution >= 0.6 is 0 Å². The fourth-order valence-electron chi connectivity index (χ4n) is 2.45. The molecular formula is C18H18FNO4. The molecule has 5 nitrogen and oxygen atoms in total. The maximum absolute atomic E-state index is 12.9. The molecule has 3 rings (SSSR count). The molecule has 0 spiro atoms. The van der Waals surface area contributed by atoms with E-state index in [0.717, 1.165) is 0 Å². The minimum Gasteiger partial charge on any atom is -0.454 e. The van der Waals surface area contributed by atoms with E-state index in [-0.39, 0.29) is 31.5 Å². The number of fused-ring (bicyclic) bond motifs is 1. The molecule has 0 saturated carbocycles. The molecule has 126 valence electrons. The highest BCUT2D eigenvalue weighted by Gasteiger charge is 2.26. The molecule has 0 fully saturated rings. The molecule has 2 aromatic rings. The Balaban J connectivity index is 1.60. The zero-order chi connectivity index (χ0) is 17.2. The Hall–Kier alpha value is -2.60. The molecular weight excluding hydrogens is 313 g/mol. The van der Waals surface area contributed by atoms with E-state index >= 15 is 0 Å². The first-order chi connectivity index (χ1) is 11.4. The third kappa shape index (κ3) is 3.65. The lowest BCUT2D eigenvalue weighted by molar-refractivity contribution is -0.121. The predicted molar refractivity (Wildman–Crippen MR) is 85.2 cm³/mol. The predicted octanol–water partition coefficient (Wildman–Crippen LogP) is 2.12. The zero-order valence-corrected chi connectivity index (χ0v) is 13.2. The molecule has 1 heterocycles. The first kappa shape index (κ1) is 16.3. The minimum absolute atomic E-state index is 0.0483. The molecule has 1 aliphatic rings. The van der Waals surface area contributed by atoms with Crippen LogP contribution in [0.5, 0.6) is 11.5 Å². The standard InChI is InChI=1S/C18H18FNO4/c1-18(22,13-4-7-15-16(9-13)24-11-23-15)10-20-17(21)8-12-2-5-14(19)6-3-12/h2-7,9,22H,8,10-11H2,1H3,(H,20,21)/t18-/m1/s1. The van der Waals surface area contributed by atoms with Crippen LogP contribution in [-0.4, -0.2) is 24.4 Å². The lowest BCUT2D eigenvalue weighted by atomic mass is 9.95. The Kier molecular flexibility index (Phi) is 4.40. The number of nitrogens with one attached hydrogen (secondary N) is 1. The van der Waals surface area contributed by atoms with Gasteiger partial charge in [-0.05, 0) is 42.3 Å². The molecule has 0 radical (unpaired) electrons. The van der Waals surface area contributed by atoms with Crippen molar-refractivity contribution in [2.24, 2.45) is 0 Å². The summed E-state index contributed by atoms with van der Waals surface area (Å²) in [5, 5.41) is 13.3. The average Bonchev–Trinajstić information content (AvgIpc) is 3.03. The topological polar surface area (TPSA) is 67.8 Å². The van der Waals surface area contributed by atoms with Crippen LogP contribution in [0.3, 0.4) is 0 Å². The summed E-state index contributed by atoms with van der Waals surface area (Å²) in [6.45, 7) is 1.82. The number of carbonyl (C=O) groups is 1. The second-order valence-corrected chi connectivity index (χ2v) is 5.92. The summed E-state index contributed by atoms with van der Waals surface area (Å²) in [6, 6.07) is 10.9. The second kappa shape index (κ2) is 6.49. The molecule has 24 heavy (non-hydrogen) atoms. The number of hydrogen-bond donors (Lipinski definition) is 2. The van der Waals surface area contributed by atoms with Crippen molar-refractivity contribution in [1.82, 2.24) is 5.32 Å². The third-order valence-corrected chi connectivity index (χ3v) is 3.90. The van der Waals surface area contributed by atoms with Crippen molar-refractivity contribution in [2.75, 3.05) is 13.3 Å². The van der Waals surface area contributed by atoms with E-state index in [1.165, 1.54) is 12.1 Å². The van der Waals surface area contributed by atoms with Gasteiger partial charge in [-0.1, -0.05) is 18.2 Å². The quantitative estimate of drug-likeness (QED) is 0.881. The van der Waals surface area contributed by atoms with Crippen LogP contribution in [0.2, 0.25) is 0 Å². The first-order valence-corrected chi connectivity index (χ1v) is 7.58. The van der Waals surface area contributed by atoms with Crippen molar-refractivity contribution in [3.63, 3.8) is 0 Å². The zero-order valence-electron chi connectivity index (χ0n) is 13.2. The average molecular weight is 331 g/mol. The number of amides is 1. The van der Waals surface area contributed by atoms with Crippen molar-refractivity contribution in [1.29, 1.82) is 0 Å². The Bertz CT molecular complexity index is 743. The van der Waals surface area contributed by atoms with Crippen LogP contribution in [-0.2, 0) is 16.8 Å². The fourth-order valence-corrected chi connectivity index (χ4v) is 2.45. The lowest BCUT2D eigenvalue weighted by Gasteiger charge is -2.24. The second-order valence-electron chi connectivity index (χ2n) is 5.92. The van der Waals surface area contributed by atoms with Gasteiger partial charge in [-0.3, -0.25) is 4.79 Å². The van der Waals surface area contributed by atoms with E-state index in [1.807, 2.05) is 0 Å². The van der Waals surface area contributed by atoms with E-state index in [2.05, 4.69) is 5.32 Å². The highest BCUT2D eigenvalue weighted by Crippen LogP contribution is 2.35. The summed E-state index contributed by atoms with van der Waals surface area (Å²) in [5.41, 5.74) is 0.0739. The Labute approximate surface area is 139 Å². The van der Waals surface area contributed by atoms with Crippen LogP contribution in [0.25, 0.3) is 0 Å². The number of rotatable bonds is 5. The van der Waals surface area contributed by atoms with Crippen LogP contribution in [0, 0.1) is 5.82 Å². The molecule has 0 unspecified atom stereocenters. The van der Waals surface area contributed by atoms with Gasteiger partial charge in [0, 0.05) is 0 Å². The van der Waals surface area contributed by atoms with Crippen molar-refractivity contribution >= 4 is 5.91 Å². The minimum atomic E-state index is -1.25. The lowest BCUT2D eigenvalue weighted by Crippen LogP contribution is -2.39. The molecule has 0 aromatic heterocycles. The molecule has 0 bridgehead atoms. The Morgan fingerprint density at radius 2 is 1.92 bits per heavy atom. The third-order valence-electron chi connectivity index (χ3n) is 3.90. The van der Waals surface area contributed by atoms with Gasteiger partial charge in [-0.15, -0.1) is 0 Å². The van der Waals surface area contributed by atoms with Crippen LogP contribution in [0.1, 0.15) is 18.1 Å². The molecule has 6 heteroatoms. The van der Waals surface area contributed by atoms with Gasteiger partial charge in [0.05, 0.1) is 13.0 Å². The highest BCUT2D eigenvalue weighted by atomic mass is 19.1. The van der Waals surface area contributed by atoms with Crippen molar-refractivity contribution in [3.05, 3.63) is 59.4 Å². The SMILES string of the molecule is C[C@@](O)(CNC(=O)Cc1ccc(F)cc1)c1ccc2c(c1)OCO2. The smallest absolute Gasteiger partial charge is 0.231 e. The summed E-state index contributed by atoms with van der Waals surface area (Å²) in [7, 11) is 0. The Morgan fingerprint density at radius 3 is 2.67 bits per heavy atom.